The molecule has 0 aliphatic rings. The SMILES string of the molecule is CC(C)(C)OC(=O)NC(=O)NC(=S)OC(C)(C)C. The first-order chi connectivity index (χ1) is 7.89. The van der Waals surface area contributed by atoms with Gasteiger partial charge in [0.25, 0.3) is 5.17 Å². The second kappa shape index (κ2) is 5.99. The van der Waals surface area contributed by atoms with Gasteiger partial charge in [-0.2, -0.15) is 0 Å². The molecule has 0 atom stereocenters. The number of urea groups is 1. The first kappa shape index (κ1) is 16.6. The van der Waals surface area contributed by atoms with E-state index in [1.54, 1.807) is 41.5 Å². The summed E-state index contributed by atoms with van der Waals surface area (Å²) in [6.07, 6.45) is -0.849. The lowest BCUT2D eigenvalue weighted by Crippen LogP contribution is -2.45. The molecule has 0 aliphatic heterocycles. The first-order valence-corrected chi connectivity index (χ1v) is 5.84. The fourth-order valence-electron chi connectivity index (χ4n) is 0.824. The predicted octanol–water partition coefficient (Wildman–Crippen LogP) is 2.32. The Morgan fingerprint density at radius 1 is 0.889 bits per heavy atom. The van der Waals surface area contributed by atoms with E-state index in [-0.39, 0.29) is 5.17 Å². The molecule has 3 amide bonds. The number of ether oxygens (including phenoxy) is 2. The molecule has 0 fully saturated rings. The lowest BCUT2D eigenvalue weighted by molar-refractivity contribution is 0.0548. The third kappa shape index (κ3) is 9.83. The summed E-state index contributed by atoms with van der Waals surface area (Å²) in [5.74, 6) is 0. The number of rotatable bonds is 0. The molecule has 0 heterocycles. The molecule has 0 unspecified atom stereocenters. The number of hydrogen-bond donors (Lipinski definition) is 2. The largest absolute Gasteiger partial charge is 0.465 e. The molecule has 0 aromatic heterocycles. The molecule has 0 bridgehead atoms. The van der Waals surface area contributed by atoms with E-state index in [2.05, 4.69) is 5.32 Å². The van der Waals surface area contributed by atoms with E-state index < -0.39 is 23.3 Å². The van der Waals surface area contributed by atoms with Crippen LogP contribution in [-0.2, 0) is 9.47 Å². The average molecular weight is 276 g/mol. The summed E-state index contributed by atoms with van der Waals surface area (Å²) in [7, 11) is 0. The van der Waals surface area contributed by atoms with Crippen molar-refractivity contribution in [2.24, 2.45) is 0 Å². The summed E-state index contributed by atoms with van der Waals surface area (Å²) in [6, 6.07) is -0.793. The summed E-state index contributed by atoms with van der Waals surface area (Å²) in [5.41, 5.74) is -1.19. The van der Waals surface area contributed by atoms with Crippen LogP contribution in [0.4, 0.5) is 9.59 Å². The van der Waals surface area contributed by atoms with Crippen LogP contribution in [0, 0.1) is 0 Å². The Morgan fingerprint density at radius 2 is 1.33 bits per heavy atom. The number of carbonyl (C=O) groups excluding carboxylic acids is 2. The smallest absolute Gasteiger partial charge is 0.415 e. The van der Waals surface area contributed by atoms with Crippen LogP contribution in [0.15, 0.2) is 0 Å². The van der Waals surface area contributed by atoms with Gasteiger partial charge >= 0.3 is 12.1 Å². The van der Waals surface area contributed by atoms with Gasteiger partial charge in [0, 0.05) is 0 Å². The fourth-order valence-corrected chi connectivity index (χ4v) is 1.17. The third-order valence-corrected chi connectivity index (χ3v) is 1.41. The van der Waals surface area contributed by atoms with Crippen LogP contribution in [0.25, 0.3) is 0 Å². The summed E-state index contributed by atoms with van der Waals surface area (Å²) < 4.78 is 10.1. The van der Waals surface area contributed by atoms with Crippen molar-refractivity contribution in [1.29, 1.82) is 0 Å². The number of thiocarbonyl (C=S) groups is 1. The Bertz CT molecular complexity index is 310. The molecule has 18 heavy (non-hydrogen) atoms. The van der Waals surface area contributed by atoms with Crippen LogP contribution in [0.5, 0.6) is 0 Å². The summed E-state index contributed by atoms with van der Waals surface area (Å²) in [5, 5.41) is 4.08. The monoisotopic (exact) mass is 276 g/mol. The van der Waals surface area contributed by atoms with Crippen LogP contribution >= 0.6 is 12.2 Å². The van der Waals surface area contributed by atoms with Gasteiger partial charge in [0.2, 0.25) is 0 Å². The van der Waals surface area contributed by atoms with E-state index in [1.165, 1.54) is 0 Å². The number of imide groups is 1. The lowest BCUT2D eigenvalue weighted by atomic mass is 10.2. The van der Waals surface area contributed by atoms with Gasteiger partial charge < -0.3 is 9.47 Å². The molecule has 0 saturated heterocycles. The molecule has 7 heteroatoms. The normalized spacial score (nSPS) is 11.4. The lowest BCUT2D eigenvalue weighted by Gasteiger charge is -2.22. The standard InChI is InChI=1S/C11H20N2O4S/c1-10(2,3)16-8(15)12-7(14)13-9(18)17-11(4,5)6/h1-6H3,(H2,12,13,14,15,18). The van der Waals surface area contributed by atoms with E-state index in [1.807, 2.05) is 5.32 Å². The topological polar surface area (TPSA) is 76.7 Å². The van der Waals surface area contributed by atoms with Gasteiger partial charge in [0.05, 0.1) is 0 Å². The molecular formula is C11H20N2O4S. The molecule has 0 spiro atoms. The Balaban J connectivity index is 4.13. The highest BCUT2D eigenvalue weighted by molar-refractivity contribution is 7.80. The highest BCUT2D eigenvalue weighted by Crippen LogP contribution is 2.07. The summed E-state index contributed by atoms with van der Waals surface area (Å²) in [4.78, 5) is 22.6. The Labute approximate surface area is 112 Å². The van der Waals surface area contributed by atoms with Crippen molar-refractivity contribution in [2.45, 2.75) is 52.7 Å². The van der Waals surface area contributed by atoms with Gasteiger partial charge in [-0.1, -0.05) is 0 Å². The average Bonchev–Trinajstić information content (AvgIpc) is 1.92. The highest BCUT2D eigenvalue weighted by atomic mass is 32.1. The second-order valence-corrected chi connectivity index (χ2v) is 5.95. The highest BCUT2D eigenvalue weighted by Gasteiger charge is 2.20. The van der Waals surface area contributed by atoms with E-state index in [0.29, 0.717) is 0 Å². The third-order valence-electron chi connectivity index (χ3n) is 1.23. The number of nitrogens with one attached hydrogen (secondary N) is 2. The Hall–Kier alpha value is -1.37. The molecule has 0 aliphatic carbocycles. The van der Waals surface area contributed by atoms with Crippen LogP contribution < -0.4 is 10.6 Å². The summed E-state index contributed by atoms with van der Waals surface area (Å²) >= 11 is 4.79. The molecular weight excluding hydrogens is 256 g/mol. The number of hydrogen-bond acceptors (Lipinski definition) is 5. The minimum absolute atomic E-state index is 0.108. The van der Waals surface area contributed by atoms with Crippen LogP contribution in [0.1, 0.15) is 41.5 Å². The van der Waals surface area contributed by atoms with Crippen molar-refractivity contribution in [3.05, 3.63) is 0 Å². The van der Waals surface area contributed by atoms with E-state index >= 15 is 0 Å². The van der Waals surface area contributed by atoms with E-state index in [4.69, 9.17) is 21.7 Å². The quantitative estimate of drug-likeness (QED) is 0.664. The fraction of sp³-hybridized carbons (Fsp3) is 0.727. The van der Waals surface area contributed by atoms with Crippen molar-refractivity contribution in [1.82, 2.24) is 10.6 Å². The molecule has 0 saturated carbocycles. The molecule has 2 N–H and O–H groups in total. The van der Waals surface area contributed by atoms with Crippen LogP contribution in [0.2, 0.25) is 0 Å². The molecule has 0 aromatic carbocycles. The Morgan fingerprint density at radius 3 is 1.72 bits per heavy atom. The van der Waals surface area contributed by atoms with Crippen molar-refractivity contribution in [3.63, 3.8) is 0 Å². The zero-order valence-corrected chi connectivity index (χ0v) is 12.4. The van der Waals surface area contributed by atoms with Gasteiger partial charge in [0.15, 0.2) is 0 Å². The molecule has 104 valence electrons. The molecule has 6 nitrogen and oxygen atoms in total. The van der Waals surface area contributed by atoms with Gasteiger partial charge in [0.1, 0.15) is 11.2 Å². The Kier molecular flexibility index (Phi) is 5.54. The zero-order valence-electron chi connectivity index (χ0n) is 11.5. The summed E-state index contributed by atoms with van der Waals surface area (Å²) in [6.45, 7) is 10.4. The minimum atomic E-state index is -0.849. The van der Waals surface area contributed by atoms with Gasteiger partial charge in [-0.25, -0.2) is 14.9 Å². The van der Waals surface area contributed by atoms with Crippen LogP contribution in [0.3, 0.4) is 0 Å². The second-order valence-electron chi connectivity index (χ2n) is 5.58. The number of alkyl carbamates (subject to hydrolysis) is 1. The van der Waals surface area contributed by atoms with Crippen molar-refractivity contribution >= 4 is 29.5 Å². The van der Waals surface area contributed by atoms with Crippen molar-refractivity contribution in [2.75, 3.05) is 0 Å². The maximum atomic E-state index is 11.3. The van der Waals surface area contributed by atoms with Gasteiger partial charge in [-0.15, -0.1) is 0 Å². The van der Waals surface area contributed by atoms with Crippen molar-refractivity contribution in [3.8, 4) is 0 Å². The van der Waals surface area contributed by atoms with E-state index in [0.717, 1.165) is 0 Å². The molecule has 0 rings (SSSR count). The molecule has 0 aromatic rings. The minimum Gasteiger partial charge on any atom is -0.465 e. The van der Waals surface area contributed by atoms with Crippen molar-refractivity contribution < 1.29 is 19.1 Å². The number of amides is 3. The first-order valence-electron chi connectivity index (χ1n) is 5.43. The van der Waals surface area contributed by atoms with E-state index in [9.17, 15) is 9.59 Å². The van der Waals surface area contributed by atoms with Gasteiger partial charge in [-0.3, -0.25) is 5.32 Å². The maximum Gasteiger partial charge on any atom is 0.415 e. The van der Waals surface area contributed by atoms with Gasteiger partial charge in [-0.05, 0) is 53.8 Å². The van der Waals surface area contributed by atoms with Crippen LogP contribution in [-0.4, -0.2) is 28.5 Å². The maximum absolute atomic E-state index is 11.3. The number of carbonyl (C=O) groups is 2. The molecule has 0 radical (unpaired) electrons. The zero-order chi connectivity index (χ0) is 14.6. The predicted molar refractivity (Wildman–Crippen MR) is 71.3 cm³/mol.